The molecule has 1 aliphatic heterocycles. The normalized spacial score (nSPS) is 19.9. The molecule has 98 valence electrons. The summed E-state index contributed by atoms with van der Waals surface area (Å²) in [6, 6.07) is 8.69. The van der Waals surface area contributed by atoms with E-state index in [9.17, 15) is 4.79 Å². The second kappa shape index (κ2) is 6.01. The van der Waals surface area contributed by atoms with E-state index in [4.69, 9.17) is 5.73 Å². The van der Waals surface area contributed by atoms with Crippen LogP contribution in [-0.4, -0.2) is 30.4 Å². The Morgan fingerprint density at radius 1 is 1.39 bits per heavy atom. The van der Waals surface area contributed by atoms with Gasteiger partial charge >= 0.3 is 0 Å². The smallest absolute Gasteiger partial charge is 0.236 e. The minimum Gasteiger partial charge on any atom is -0.341 e. The van der Waals surface area contributed by atoms with Gasteiger partial charge in [-0.3, -0.25) is 4.79 Å². The topological polar surface area (TPSA) is 46.3 Å². The van der Waals surface area contributed by atoms with Crippen LogP contribution in [0.5, 0.6) is 0 Å². The lowest BCUT2D eigenvalue weighted by Gasteiger charge is -2.32. The third kappa shape index (κ3) is 3.33. The Morgan fingerprint density at radius 3 is 2.78 bits per heavy atom. The van der Waals surface area contributed by atoms with Gasteiger partial charge in [-0.15, -0.1) is 0 Å². The first-order valence-corrected chi connectivity index (χ1v) is 6.72. The number of aryl methyl sites for hydroxylation is 1. The first-order valence-electron chi connectivity index (χ1n) is 6.72. The number of piperidine rings is 1. The van der Waals surface area contributed by atoms with E-state index in [-0.39, 0.29) is 12.5 Å². The van der Waals surface area contributed by atoms with Crippen molar-refractivity contribution >= 4 is 5.91 Å². The fourth-order valence-corrected chi connectivity index (χ4v) is 2.64. The number of nitrogens with zero attached hydrogens (tertiary/aromatic N) is 1. The molecule has 0 radical (unpaired) electrons. The quantitative estimate of drug-likeness (QED) is 0.883. The SMILES string of the molecule is Cc1ccc(CC2CCCN(C(=O)CN)C2)cc1. The van der Waals surface area contributed by atoms with Gasteiger partial charge in [0, 0.05) is 13.1 Å². The fourth-order valence-electron chi connectivity index (χ4n) is 2.64. The summed E-state index contributed by atoms with van der Waals surface area (Å²) >= 11 is 0. The zero-order valence-corrected chi connectivity index (χ0v) is 11.1. The molecular formula is C15H22N2O. The lowest BCUT2D eigenvalue weighted by molar-refractivity contribution is -0.131. The summed E-state index contributed by atoms with van der Waals surface area (Å²) in [7, 11) is 0. The Bertz CT molecular complexity index is 399. The zero-order chi connectivity index (χ0) is 13.0. The molecule has 3 heteroatoms. The van der Waals surface area contributed by atoms with E-state index in [0.717, 1.165) is 25.9 Å². The molecule has 1 unspecified atom stereocenters. The molecule has 1 amide bonds. The molecule has 1 atom stereocenters. The van der Waals surface area contributed by atoms with Crippen molar-refractivity contribution in [1.29, 1.82) is 0 Å². The van der Waals surface area contributed by atoms with Crippen molar-refractivity contribution in [3.05, 3.63) is 35.4 Å². The van der Waals surface area contributed by atoms with E-state index < -0.39 is 0 Å². The Hall–Kier alpha value is -1.35. The maximum atomic E-state index is 11.6. The molecule has 1 saturated heterocycles. The minimum atomic E-state index is 0.0867. The molecule has 1 aromatic rings. The third-order valence-corrected chi connectivity index (χ3v) is 3.69. The van der Waals surface area contributed by atoms with Gasteiger partial charge in [-0.05, 0) is 37.7 Å². The van der Waals surface area contributed by atoms with Gasteiger partial charge in [-0.1, -0.05) is 29.8 Å². The molecule has 0 aromatic heterocycles. The van der Waals surface area contributed by atoms with E-state index in [1.165, 1.54) is 17.5 Å². The fraction of sp³-hybridized carbons (Fsp3) is 0.533. The van der Waals surface area contributed by atoms with Crippen LogP contribution in [-0.2, 0) is 11.2 Å². The molecule has 1 aliphatic rings. The second-order valence-corrected chi connectivity index (χ2v) is 5.24. The highest BCUT2D eigenvalue weighted by Gasteiger charge is 2.22. The Balaban J connectivity index is 1.93. The second-order valence-electron chi connectivity index (χ2n) is 5.24. The molecule has 0 bridgehead atoms. The summed E-state index contributed by atoms with van der Waals surface area (Å²) in [5.74, 6) is 0.667. The van der Waals surface area contributed by atoms with E-state index in [1.807, 2.05) is 4.90 Å². The summed E-state index contributed by atoms with van der Waals surface area (Å²) in [5, 5.41) is 0. The number of carbonyl (C=O) groups excluding carboxylic acids is 1. The summed E-state index contributed by atoms with van der Waals surface area (Å²) in [6.45, 7) is 3.98. The lowest BCUT2D eigenvalue weighted by Crippen LogP contribution is -2.43. The molecule has 2 N–H and O–H groups in total. The van der Waals surface area contributed by atoms with Gasteiger partial charge in [0.15, 0.2) is 0 Å². The van der Waals surface area contributed by atoms with Crippen LogP contribution in [0.1, 0.15) is 24.0 Å². The first kappa shape index (κ1) is 13.1. The molecule has 1 fully saturated rings. The minimum absolute atomic E-state index is 0.0867. The number of hydrogen-bond donors (Lipinski definition) is 1. The van der Waals surface area contributed by atoms with Crippen molar-refractivity contribution < 1.29 is 4.79 Å². The molecule has 0 spiro atoms. The summed E-state index contributed by atoms with van der Waals surface area (Å²) < 4.78 is 0. The molecule has 1 heterocycles. The molecule has 2 rings (SSSR count). The van der Waals surface area contributed by atoms with Crippen LogP contribution in [0.15, 0.2) is 24.3 Å². The molecular weight excluding hydrogens is 224 g/mol. The number of benzene rings is 1. The molecule has 3 nitrogen and oxygen atoms in total. The number of carbonyl (C=O) groups is 1. The van der Waals surface area contributed by atoms with Crippen LogP contribution >= 0.6 is 0 Å². The Labute approximate surface area is 109 Å². The van der Waals surface area contributed by atoms with Crippen LogP contribution in [0.4, 0.5) is 0 Å². The van der Waals surface area contributed by atoms with Crippen molar-refractivity contribution in [1.82, 2.24) is 4.90 Å². The predicted octanol–water partition coefficient (Wildman–Crippen LogP) is 1.73. The predicted molar refractivity (Wildman–Crippen MR) is 73.2 cm³/mol. The van der Waals surface area contributed by atoms with Gasteiger partial charge in [0.2, 0.25) is 5.91 Å². The van der Waals surface area contributed by atoms with Crippen LogP contribution in [0.3, 0.4) is 0 Å². The van der Waals surface area contributed by atoms with Crippen molar-refractivity contribution in [2.45, 2.75) is 26.2 Å². The Kier molecular flexibility index (Phi) is 4.37. The molecule has 1 aromatic carbocycles. The van der Waals surface area contributed by atoms with Gasteiger partial charge in [-0.25, -0.2) is 0 Å². The zero-order valence-electron chi connectivity index (χ0n) is 11.1. The largest absolute Gasteiger partial charge is 0.341 e. The van der Waals surface area contributed by atoms with E-state index in [1.54, 1.807) is 0 Å². The van der Waals surface area contributed by atoms with E-state index in [0.29, 0.717) is 5.92 Å². The van der Waals surface area contributed by atoms with Gasteiger partial charge in [-0.2, -0.15) is 0 Å². The Morgan fingerprint density at radius 2 is 2.11 bits per heavy atom. The first-order chi connectivity index (χ1) is 8.69. The van der Waals surface area contributed by atoms with Crippen molar-refractivity contribution in [3.8, 4) is 0 Å². The van der Waals surface area contributed by atoms with Crippen LogP contribution in [0.2, 0.25) is 0 Å². The highest BCUT2D eigenvalue weighted by molar-refractivity contribution is 5.78. The monoisotopic (exact) mass is 246 g/mol. The molecule has 18 heavy (non-hydrogen) atoms. The van der Waals surface area contributed by atoms with E-state index >= 15 is 0 Å². The van der Waals surface area contributed by atoms with Gasteiger partial charge in [0.05, 0.1) is 6.54 Å². The number of likely N-dealkylation sites (tertiary alicyclic amines) is 1. The van der Waals surface area contributed by atoms with Gasteiger partial charge < -0.3 is 10.6 Å². The van der Waals surface area contributed by atoms with Crippen molar-refractivity contribution in [2.75, 3.05) is 19.6 Å². The standard InChI is InChI=1S/C15H22N2O/c1-12-4-6-13(7-5-12)9-14-3-2-8-17(11-14)15(18)10-16/h4-7,14H,2-3,8-11,16H2,1H3. The van der Waals surface area contributed by atoms with Crippen molar-refractivity contribution in [2.24, 2.45) is 11.7 Å². The average molecular weight is 246 g/mol. The molecule has 0 saturated carbocycles. The summed E-state index contributed by atoms with van der Waals surface area (Å²) in [5.41, 5.74) is 8.09. The number of hydrogen-bond acceptors (Lipinski definition) is 2. The van der Waals surface area contributed by atoms with Crippen molar-refractivity contribution in [3.63, 3.8) is 0 Å². The summed E-state index contributed by atoms with van der Waals surface area (Å²) in [6.07, 6.45) is 3.37. The maximum absolute atomic E-state index is 11.6. The number of rotatable bonds is 3. The van der Waals surface area contributed by atoms with Gasteiger partial charge in [0.1, 0.15) is 0 Å². The molecule has 0 aliphatic carbocycles. The maximum Gasteiger partial charge on any atom is 0.236 e. The van der Waals surface area contributed by atoms with Gasteiger partial charge in [0.25, 0.3) is 0 Å². The highest BCUT2D eigenvalue weighted by Crippen LogP contribution is 2.21. The highest BCUT2D eigenvalue weighted by atomic mass is 16.2. The summed E-state index contributed by atoms with van der Waals surface area (Å²) in [4.78, 5) is 13.5. The van der Waals surface area contributed by atoms with E-state index in [2.05, 4.69) is 31.2 Å². The lowest BCUT2D eigenvalue weighted by atomic mass is 9.91. The third-order valence-electron chi connectivity index (χ3n) is 3.69. The van der Waals surface area contributed by atoms with Crippen LogP contribution < -0.4 is 5.73 Å². The average Bonchev–Trinajstić information content (AvgIpc) is 2.41. The number of nitrogens with two attached hydrogens (primary N) is 1. The number of amides is 1. The van der Waals surface area contributed by atoms with Crippen LogP contribution in [0.25, 0.3) is 0 Å². The van der Waals surface area contributed by atoms with Crippen LogP contribution in [0, 0.1) is 12.8 Å².